The lowest BCUT2D eigenvalue weighted by molar-refractivity contribution is -0.111. The van der Waals surface area contributed by atoms with E-state index in [2.05, 4.69) is 15.2 Å². The molecule has 28 heavy (non-hydrogen) atoms. The fourth-order valence-corrected chi connectivity index (χ4v) is 2.85. The quantitative estimate of drug-likeness (QED) is 0.593. The van der Waals surface area contributed by atoms with Crippen LogP contribution in [0.2, 0.25) is 5.02 Å². The molecule has 4 nitrogen and oxygen atoms in total. The van der Waals surface area contributed by atoms with E-state index in [1.807, 2.05) is 74.8 Å². The van der Waals surface area contributed by atoms with Crippen molar-refractivity contribution in [2.75, 3.05) is 19.4 Å². The number of nitrogens with zero attached hydrogens (tertiary/aromatic N) is 2. The number of nitrogens with one attached hydrogen (secondary N) is 1. The Morgan fingerprint density at radius 2 is 1.68 bits per heavy atom. The summed E-state index contributed by atoms with van der Waals surface area (Å²) in [7, 11) is 4.05. The number of anilines is 1. The van der Waals surface area contributed by atoms with E-state index in [-0.39, 0.29) is 5.91 Å². The summed E-state index contributed by atoms with van der Waals surface area (Å²) in [5.41, 5.74) is 4.72. The number of carbonyl (C=O) groups is 1. The molecule has 1 N–H and O–H groups in total. The van der Waals surface area contributed by atoms with E-state index >= 15 is 0 Å². The molecule has 0 fully saturated rings. The Morgan fingerprint density at radius 1 is 1.00 bits per heavy atom. The molecule has 0 bridgehead atoms. The number of aromatic nitrogens is 1. The van der Waals surface area contributed by atoms with Crippen LogP contribution in [0.15, 0.2) is 72.9 Å². The summed E-state index contributed by atoms with van der Waals surface area (Å²) >= 11 is 5.92. The van der Waals surface area contributed by atoms with Gasteiger partial charge >= 0.3 is 0 Å². The second-order valence-corrected chi connectivity index (χ2v) is 7.17. The highest BCUT2D eigenvalue weighted by Gasteiger charge is 2.01. The minimum absolute atomic E-state index is 0.191. The summed E-state index contributed by atoms with van der Waals surface area (Å²) < 4.78 is 0. The molecule has 1 aromatic heterocycles. The molecule has 0 unspecified atom stereocenters. The van der Waals surface area contributed by atoms with Crippen molar-refractivity contribution in [2.45, 2.75) is 6.54 Å². The predicted octanol–water partition coefficient (Wildman–Crippen LogP) is 5.12. The molecule has 2 aromatic carbocycles. The van der Waals surface area contributed by atoms with Crippen molar-refractivity contribution in [1.29, 1.82) is 0 Å². The average Bonchev–Trinajstić information content (AvgIpc) is 2.69. The number of carbonyl (C=O) groups excluding carboxylic acids is 1. The largest absolute Gasteiger partial charge is 0.323 e. The lowest BCUT2D eigenvalue weighted by atomic mass is 10.1. The van der Waals surface area contributed by atoms with Gasteiger partial charge < -0.3 is 10.2 Å². The minimum atomic E-state index is -0.191. The number of halogens is 1. The summed E-state index contributed by atoms with van der Waals surface area (Å²) in [4.78, 5) is 18.6. The molecule has 1 amide bonds. The van der Waals surface area contributed by atoms with Gasteiger partial charge in [-0.1, -0.05) is 41.9 Å². The summed E-state index contributed by atoms with van der Waals surface area (Å²) in [6, 6.07) is 19.3. The molecule has 3 rings (SSSR count). The Labute approximate surface area is 170 Å². The predicted molar refractivity (Wildman–Crippen MR) is 116 cm³/mol. The van der Waals surface area contributed by atoms with Gasteiger partial charge in [0.15, 0.2) is 0 Å². The van der Waals surface area contributed by atoms with Crippen LogP contribution in [0.4, 0.5) is 5.69 Å². The zero-order chi connectivity index (χ0) is 19.9. The molecular weight excluding hydrogens is 370 g/mol. The van der Waals surface area contributed by atoms with Crippen LogP contribution in [-0.4, -0.2) is 29.9 Å². The highest BCUT2D eigenvalue weighted by molar-refractivity contribution is 6.30. The third kappa shape index (κ3) is 5.78. The molecule has 0 aliphatic rings. The van der Waals surface area contributed by atoms with Crippen molar-refractivity contribution in [3.8, 4) is 11.1 Å². The highest BCUT2D eigenvalue weighted by Crippen LogP contribution is 2.21. The Balaban J connectivity index is 1.58. The van der Waals surface area contributed by atoms with Gasteiger partial charge in [0.1, 0.15) is 0 Å². The van der Waals surface area contributed by atoms with Crippen molar-refractivity contribution >= 4 is 29.3 Å². The second-order valence-electron chi connectivity index (χ2n) is 6.74. The molecule has 0 saturated heterocycles. The van der Waals surface area contributed by atoms with E-state index in [0.717, 1.165) is 23.4 Å². The standard InChI is InChI=1S/C23H22ClN3O/c1-27(2)16-17-3-10-22(11-4-17)26-23(28)14-13-21-12-7-19(15-25-21)18-5-8-20(24)9-6-18/h3-15H,16H2,1-2H3,(H,26,28)/b14-13+. The third-order valence-electron chi connectivity index (χ3n) is 4.09. The van der Waals surface area contributed by atoms with Gasteiger partial charge in [-0.25, -0.2) is 0 Å². The van der Waals surface area contributed by atoms with Crippen LogP contribution in [0.5, 0.6) is 0 Å². The maximum Gasteiger partial charge on any atom is 0.248 e. The number of hydrogen-bond donors (Lipinski definition) is 1. The van der Waals surface area contributed by atoms with Crippen LogP contribution in [0.25, 0.3) is 17.2 Å². The smallest absolute Gasteiger partial charge is 0.248 e. The van der Waals surface area contributed by atoms with Gasteiger partial charge in [-0.2, -0.15) is 0 Å². The topological polar surface area (TPSA) is 45.2 Å². The van der Waals surface area contributed by atoms with Gasteiger partial charge in [-0.05, 0) is 61.6 Å². The number of hydrogen-bond acceptors (Lipinski definition) is 3. The monoisotopic (exact) mass is 391 g/mol. The van der Waals surface area contributed by atoms with Crippen LogP contribution >= 0.6 is 11.6 Å². The zero-order valence-corrected chi connectivity index (χ0v) is 16.6. The van der Waals surface area contributed by atoms with E-state index in [1.165, 1.54) is 11.6 Å². The van der Waals surface area contributed by atoms with Gasteiger partial charge in [0.2, 0.25) is 5.91 Å². The Bertz CT molecular complexity index is 947. The molecule has 0 atom stereocenters. The van der Waals surface area contributed by atoms with Crippen molar-refractivity contribution in [1.82, 2.24) is 9.88 Å². The fourth-order valence-electron chi connectivity index (χ4n) is 2.72. The average molecular weight is 392 g/mol. The molecule has 0 aliphatic carbocycles. The molecule has 0 radical (unpaired) electrons. The molecule has 142 valence electrons. The van der Waals surface area contributed by atoms with Crippen LogP contribution in [-0.2, 0) is 11.3 Å². The number of amides is 1. The Kier molecular flexibility index (Phi) is 6.58. The lowest BCUT2D eigenvalue weighted by Crippen LogP contribution is -2.11. The van der Waals surface area contributed by atoms with Crippen LogP contribution in [0.1, 0.15) is 11.3 Å². The molecule has 1 heterocycles. The van der Waals surface area contributed by atoms with Crippen molar-refractivity contribution in [2.24, 2.45) is 0 Å². The maximum absolute atomic E-state index is 12.1. The number of pyridine rings is 1. The number of benzene rings is 2. The molecule has 0 spiro atoms. The van der Waals surface area contributed by atoms with E-state index < -0.39 is 0 Å². The first kappa shape index (κ1) is 19.8. The molecule has 5 heteroatoms. The highest BCUT2D eigenvalue weighted by atomic mass is 35.5. The Hall–Kier alpha value is -2.95. The summed E-state index contributed by atoms with van der Waals surface area (Å²) in [6.07, 6.45) is 4.96. The number of rotatable bonds is 6. The summed E-state index contributed by atoms with van der Waals surface area (Å²) in [6.45, 7) is 0.867. The maximum atomic E-state index is 12.1. The Morgan fingerprint density at radius 3 is 2.29 bits per heavy atom. The molecule has 0 saturated carbocycles. The molecule has 3 aromatic rings. The molecular formula is C23H22ClN3O. The molecule has 0 aliphatic heterocycles. The minimum Gasteiger partial charge on any atom is -0.323 e. The van der Waals surface area contributed by atoms with Gasteiger partial charge in [0, 0.05) is 35.1 Å². The summed E-state index contributed by atoms with van der Waals surface area (Å²) in [5.74, 6) is -0.191. The van der Waals surface area contributed by atoms with Gasteiger partial charge in [-0.15, -0.1) is 0 Å². The third-order valence-corrected chi connectivity index (χ3v) is 4.34. The van der Waals surface area contributed by atoms with E-state index in [0.29, 0.717) is 10.7 Å². The van der Waals surface area contributed by atoms with E-state index in [9.17, 15) is 4.79 Å². The zero-order valence-electron chi connectivity index (χ0n) is 15.9. The normalized spacial score (nSPS) is 11.1. The first-order valence-corrected chi connectivity index (χ1v) is 9.32. The first-order valence-electron chi connectivity index (χ1n) is 8.94. The van der Waals surface area contributed by atoms with Crippen molar-refractivity contribution < 1.29 is 4.79 Å². The van der Waals surface area contributed by atoms with E-state index in [4.69, 9.17) is 11.6 Å². The SMILES string of the molecule is CN(C)Cc1ccc(NC(=O)/C=C/c2ccc(-c3ccc(Cl)cc3)cn2)cc1. The van der Waals surface area contributed by atoms with Crippen LogP contribution < -0.4 is 5.32 Å². The van der Waals surface area contributed by atoms with Crippen molar-refractivity contribution in [3.05, 3.63) is 89.2 Å². The van der Waals surface area contributed by atoms with Gasteiger partial charge in [-0.3, -0.25) is 9.78 Å². The van der Waals surface area contributed by atoms with Gasteiger partial charge in [0.05, 0.1) is 5.69 Å². The fraction of sp³-hybridized carbons (Fsp3) is 0.130. The van der Waals surface area contributed by atoms with Crippen LogP contribution in [0.3, 0.4) is 0 Å². The summed E-state index contributed by atoms with van der Waals surface area (Å²) in [5, 5.41) is 3.56. The lowest BCUT2D eigenvalue weighted by Gasteiger charge is -2.10. The van der Waals surface area contributed by atoms with Gasteiger partial charge in [0.25, 0.3) is 0 Å². The van der Waals surface area contributed by atoms with E-state index in [1.54, 1.807) is 12.3 Å². The van der Waals surface area contributed by atoms with Crippen LogP contribution in [0, 0.1) is 0 Å². The van der Waals surface area contributed by atoms with Crippen molar-refractivity contribution in [3.63, 3.8) is 0 Å². The second kappa shape index (κ2) is 9.31. The first-order chi connectivity index (χ1) is 13.5.